The Labute approximate surface area is 254 Å². The lowest BCUT2D eigenvalue weighted by molar-refractivity contribution is -0.150. The smallest absolute Gasteiger partial charge is 0.308 e. The quantitative estimate of drug-likeness (QED) is 0.0549. The van der Waals surface area contributed by atoms with Crippen molar-refractivity contribution < 1.29 is 23.9 Å². The molecule has 0 aromatic rings. The molecule has 41 heavy (non-hydrogen) atoms. The summed E-state index contributed by atoms with van der Waals surface area (Å²) in [5, 5.41) is 0. The number of hydrogen-bond acceptors (Lipinski definition) is 5. The van der Waals surface area contributed by atoms with Gasteiger partial charge in [0.05, 0.1) is 19.0 Å². The third kappa shape index (κ3) is 26.8. The number of hydrogen-bond donors (Lipinski definition) is 0. The van der Waals surface area contributed by atoms with E-state index >= 15 is 0 Å². The van der Waals surface area contributed by atoms with Crippen LogP contribution in [0.25, 0.3) is 0 Å². The van der Waals surface area contributed by atoms with Crippen LogP contribution in [0, 0.1) is 11.8 Å². The lowest BCUT2D eigenvalue weighted by Crippen LogP contribution is -2.36. The Morgan fingerprint density at radius 3 is 1.68 bits per heavy atom. The molecule has 0 aromatic heterocycles. The van der Waals surface area contributed by atoms with Crippen LogP contribution in [0.5, 0.6) is 0 Å². The van der Waals surface area contributed by atoms with Crippen LogP contribution in [0.4, 0.5) is 0 Å². The third-order valence-electron chi connectivity index (χ3n) is 7.27. The molecular formula is C35H67NO5. The molecule has 0 aromatic carbocycles. The van der Waals surface area contributed by atoms with Crippen molar-refractivity contribution in [1.29, 1.82) is 0 Å². The first kappa shape index (κ1) is 41.3. The molecule has 1 atom stereocenters. The largest absolute Gasteiger partial charge is 0.464 e. The summed E-state index contributed by atoms with van der Waals surface area (Å²) in [6, 6.07) is 0. The van der Waals surface area contributed by atoms with Crippen molar-refractivity contribution in [2.75, 3.05) is 26.3 Å². The maximum atomic E-state index is 12.9. The summed E-state index contributed by atoms with van der Waals surface area (Å²) in [5.41, 5.74) is 0. The van der Waals surface area contributed by atoms with E-state index in [9.17, 15) is 14.4 Å². The van der Waals surface area contributed by atoms with Crippen molar-refractivity contribution in [2.45, 2.75) is 157 Å². The fourth-order valence-corrected chi connectivity index (χ4v) is 4.72. The lowest BCUT2D eigenvalue weighted by atomic mass is 9.94. The van der Waals surface area contributed by atoms with Gasteiger partial charge in [0.25, 0.3) is 0 Å². The van der Waals surface area contributed by atoms with Crippen LogP contribution in [-0.4, -0.2) is 49.0 Å². The molecule has 0 aliphatic carbocycles. The molecule has 0 heterocycles. The minimum absolute atomic E-state index is 0.0667. The fraction of sp³-hybridized carbons (Fsp3) is 0.857. The molecule has 0 rings (SSSR count). The molecule has 0 fully saturated rings. The van der Waals surface area contributed by atoms with Gasteiger partial charge in [0, 0.05) is 6.42 Å². The molecule has 0 N–H and O–H groups in total. The topological polar surface area (TPSA) is 72.9 Å². The standard InChI is InChI=1S/C33H61NO5.C2H6/c1-6-9-11-13-14-19-23-30(22-18-12-10-7-2)33(37)39-28-26-34(31(35)8-3)25-27-38-32(36)24-20-16-15-17-21-29(4)5;1-2/h8,29-30H,3,6-7,9-28H2,1-2,4-5H3;1-2H3. The van der Waals surface area contributed by atoms with Crippen molar-refractivity contribution in [2.24, 2.45) is 11.8 Å². The lowest BCUT2D eigenvalue weighted by Gasteiger charge is -2.22. The summed E-state index contributed by atoms with van der Waals surface area (Å²) in [5.74, 6) is 0.0305. The molecule has 0 bridgehead atoms. The average Bonchev–Trinajstić information content (AvgIpc) is 2.97. The van der Waals surface area contributed by atoms with Crippen molar-refractivity contribution in [1.82, 2.24) is 4.90 Å². The van der Waals surface area contributed by atoms with Crippen molar-refractivity contribution in [3.05, 3.63) is 12.7 Å². The zero-order valence-electron chi connectivity index (χ0n) is 28.0. The Kier molecular flexibility index (Phi) is 31.3. The number of nitrogens with zero attached hydrogens (tertiary/aromatic N) is 1. The van der Waals surface area contributed by atoms with Gasteiger partial charge < -0.3 is 14.4 Å². The van der Waals surface area contributed by atoms with E-state index < -0.39 is 0 Å². The first-order valence-electron chi connectivity index (χ1n) is 17.1. The van der Waals surface area contributed by atoms with E-state index in [1.807, 2.05) is 13.8 Å². The molecule has 242 valence electrons. The van der Waals surface area contributed by atoms with E-state index in [0.717, 1.165) is 63.7 Å². The molecule has 0 aliphatic rings. The number of amides is 1. The van der Waals surface area contributed by atoms with Gasteiger partial charge in [0.1, 0.15) is 13.2 Å². The molecular weight excluding hydrogens is 514 g/mol. The summed E-state index contributed by atoms with van der Waals surface area (Å²) in [6.45, 7) is 17.2. The number of ether oxygens (including phenoxy) is 2. The highest BCUT2D eigenvalue weighted by Gasteiger charge is 2.20. The highest BCUT2D eigenvalue weighted by atomic mass is 16.5. The van der Waals surface area contributed by atoms with Crippen LogP contribution in [-0.2, 0) is 23.9 Å². The minimum atomic E-state index is -0.254. The molecule has 1 unspecified atom stereocenters. The second kappa shape index (κ2) is 31.1. The molecule has 0 saturated heterocycles. The van der Waals surface area contributed by atoms with E-state index in [4.69, 9.17) is 9.47 Å². The Hall–Kier alpha value is -1.85. The van der Waals surface area contributed by atoms with Crippen LogP contribution in [0.1, 0.15) is 157 Å². The number of carbonyl (C=O) groups is 3. The summed E-state index contributed by atoms with van der Waals surface area (Å²) in [7, 11) is 0. The SMILES string of the molecule is C=CC(=O)N(CCOC(=O)CCCCCCC(C)C)CCOC(=O)C(CCCCCC)CCCCCCCC.CC. The van der Waals surface area contributed by atoms with E-state index in [-0.39, 0.29) is 50.1 Å². The van der Waals surface area contributed by atoms with Gasteiger partial charge in [-0.1, -0.05) is 138 Å². The minimum Gasteiger partial charge on any atom is -0.464 e. The van der Waals surface area contributed by atoms with Gasteiger partial charge in [-0.05, 0) is 31.3 Å². The van der Waals surface area contributed by atoms with Crippen molar-refractivity contribution in [3.63, 3.8) is 0 Å². The number of esters is 2. The highest BCUT2D eigenvalue weighted by molar-refractivity contribution is 5.87. The predicted octanol–water partition coefficient (Wildman–Crippen LogP) is 9.45. The molecule has 0 radical (unpaired) electrons. The Balaban J connectivity index is 0. The van der Waals surface area contributed by atoms with Gasteiger partial charge >= 0.3 is 11.9 Å². The number of rotatable bonds is 27. The molecule has 0 spiro atoms. The maximum Gasteiger partial charge on any atom is 0.308 e. The van der Waals surface area contributed by atoms with Crippen molar-refractivity contribution >= 4 is 17.8 Å². The van der Waals surface area contributed by atoms with Gasteiger partial charge in [-0.3, -0.25) is 14.4 Å². The van der Waals surface area contributed by atoms with Crippen LogP contribution in [0.2, 0.25) is 0 Å². The Morgan fingerprint density at radius 1 is 0.683 bits per heavy atom. The van der Waals surface area contributed by atoms with Crippen LogP contribution in [0.15, 0.2) is 12.7 Å². The number of unbranched alkanes of at least 4 members (excludes halogenated alkanes) is 11. The zero-order chi connectivity index (χ0) is 31.1. The van der Waals surface area contributed by atoms with Crippen LogP contribution in [0.3, 0.4) is 0 Å². The molecule has 0 aliphatic heterocycles. The Morgan fingerprint density at radius 2 is 1.15 bits per heavy atom. The van der Waals surface area contributed by atoms with Crippen molar-refractivity contribution in [3.8, 4) is 0 Å². The molecule has 6 nitrogen and oxygen atoms in total. The van der Waals surface area contributed by atoms with Gasteiger partial charge in [-0.15, -0.1) is 0 Å². The van der Waals surface area contributed by atoms with E-state index in [0.29, 0.717) is 6.42 Å². The second-order valence-electron chi connectivity index (χ2n) is 11.4. The van der Waals surface area contributed by atoms with Crippen LogP contribution >= 0.6 is 0 Å². The van der Waals surface area contributed by atoms with Gasteiger partial charge in [0.15, 0.2) is 0 Å². The number of carbonyl (C=O) groups excluding carboxylic acids is 3. The van der Waals surface area contributed by atoms with Gasteiger partial charge in [-0.25, -0.2) is 0 Å². The van der Waals surface area contributed by atoms with Crippen LogP contribution < -0.4 is 0 Å². The van der Waals surface area contributed by atoms with E-state index in [1.54, 1.807) is 0 Å². The summed E-state index contributed by atoms with van der Waals surface area (Å²) in [6.07, 6.45) is 20.6. The van der Waals surface area contributed by atoms with Gasteiger partial charge in [-0.2, -0.15) is 0 Å². The first-order chi connectivity index (χ1) is 19.8. The average molecular weight is 582 g/mol. The maximum absolute atomic E-state index is 12.9. The monoisotopic (exact) mass is 582 g/mol. The molecule has 1 amide bonds. The Bertz CT molecular complexity index is 634. The van der Waals surface area contributed by atoms with E-state index in [2.05, 4.69) is 34.3 Å². The van der Waals surface area contributed by atoms with Gasteiger partial charge in [0.2, 0.25) is 5.91 Å². The molecule has 6 heteroatoms. The summed E-state index contributed by atoms with van der Waals surface area (Å²) < 4.78 is 11.0. The summed E-state index contributed by atoms with van der Waals surface area (Å²) >= 11 is 0. The zero-order valence-corrected chi connectivity index (χ0v) is 28.0. The molecule has 0 saturated carbocycles. The first-order valence-corrected chi connectivity index (χ1v) is 17.1. The second-order valence-corrected chi connectivity index (χ2v) is 11.4. The summed E-state index contributed by atoms with van der Waals surface area (Å²) in [4.78, 5) is 38.8. The third-order valence-corrected chi connectivity index (χ3v) is 7.27. The van der Waals surface area contributed by atoms with E-state index in [1.165, 1.54) is 62.3 Å². The predicted molar refractivity (Wildman–Crippen MR) is 173 cm³/mol. The highest BCUT2D eigenvalue weighted by Crippen LogP contribution is 2.20. The fourth-order valence-electron chi connectivity index (χ4n) is 4.72. The normalized spacial score (nSPS) is 11.4.